The quantitative estimate of drug-likeness (QED) is 0.0479. The van der Waals surface area contributed by atoms with Crippen molar-refractivity contribution >= 4 is 112 Å². The van der Waals surface area contributed by atoms with E-state index >= 15 is 0 Å². The molecular formula is C83H80N18O10. The lowest BCUT2D eigenvalue weighted by atomic mass is 9.95. The molecule has 1 aliphatic rings. The molecule has 0 unspecified atom stereocenters. The van der Waals surface area contributed by atoms with Crippen LogP contribution in [0.1, 0.15) is 125 Å². The number of anilines is 2. The number of aromatic nitrogens is 14. The minimum Gasteiger partial charge on any atom is -0.465 e. The van der Waals surface area contributed by atoms with Crippen molar-refractivity contribution in [2.24, 2.45) is 0 Å². The predicted octanol–water partition coefficient (Wildman–Crippen LogP) is 13.6. The molecule has 0 bridgehead atoms. The van der Waals surface area contributed by atoms with Crippen LogP contribution in [-0.2, 0) is 26.2 Å². The summed E-state index contributed by atoms with van der Waals surface area (Å²) in [4.78, 5) is 119. The van der Waals surface area contributed by atoms with Crippen LogP contribution in [-0.4, -0.2) is 127 Å². The minimum absolute atomic E-state index is 0.116. The highest BCUT2D eigenvalue weighted by molar-refractivity contribution is 6.03. The van der Waals surface area contributed by atoms with Crippen LogP contribution in [0.3, 0.4) is 0 Å². The van der Waals surface area contributed by atoms with Crippen LogP contribution in [0.15, 0.2) is 197 Å². The Labute approximate surface area is 633 Å². The van der Waals surface area contributed by atoms with Gasteiger partial charge in [0.25, 0.3) is 11.8 Å². The third kappa shape index (κ3) is 14.4. The number of nitrogens with one attached hydrogen (secondary N) is 10. The van der Waals surface area contributed by atoms with Gasteiger partial charge >= 0.3 is 29.0 Å². The number of H-pyrrole nitrogens is 6. The summed E-state index contributed by atoms with van der Waals surface area (Å²) in [6.45, 7) is 19.1. The van der Waals surface area contributed by atoms with E-state index in [2.05, 4.69) is 109 Å². The van der Waals surface area contributed by atoms with Crippen molar-refractivity contribution < 1.29 is 33.4 Å². The first-order chi connectivity index (χ1) is 53.3. The van der Waals surface area contributed by atoms with Crippen LogP contribution in [0.4, 0.5) is 11.4 Å². The van der Waals surface area contributed by atoms with Crippen LogP contribution < -0.4 is 38.3 Å². The molecule has 0 radical (unpaired) electrons. The number of amides is 2. The summed E-state index contributed by atoms with van der Waals surface area (Å²) in [6, 6.07) is 53.1. The largest absolute Gasteiger partial charge is 0.465 e. The van der Waals surface area contributed by atoms with Gasteiger partial charge in [0.15, 0.2) is 0 Å². The summed E-state index contributed by atoms with van der Waals surface area (Å²) >= 11 is 0. The fraction of sp³-hybridized carbons (Fsp3) is 0.193. The molecular weight excluding hydrogens is 1410 g/mol. The number of methoxy groups -OCH3 is 3. The second kappa shape index (κ2) is 29.9. The van der Waals surface area contributed by atoms with Gasteiger partial charge < -0.3 is 65.4 Å². The van der Waals surface area contributed by atoms with Gasteiger partial charge in [-0.3, -0.25) is 27.9 Å². The third-order valence-electron chi connectivity index (χ3n) is 18.8. The lowest BCUT2D eigenvalue weighted by Crippen LogP contribution is -2.18. The maximum Gasteiger partial charge on any atom is 0.340 e. The summed E-state index contributed by atoms with van der Waals surface area (Å²) in [5.41, 5.74) is 19.3. The van der Waals surface area contributed by atoms with E-state index in [1.165, 1.54) is 14.2 Å². The number of fused-ring (bicyclic) bond motifs is 8. The Morgan fingerprint density at radius 2 is 0.955 bits per heavy atom. The molecule has 9 aromatic carbocycles. The minimum atomic E-state index is -0.416. The van der Waals surface area contributed by atoms with E-state index < -0.39 is 11.9 Å². The average Bonchev–Trinajstić information content (AvgIpc) is 1.62. The molecule has 28 heteroatoms. The lowest BCUT2D eigenvalue weighted by Gasteiger charge is -2.20. The van der Waals surface area contributed by atoms with E-state index in [0.29, 0.717) is 56.4 Å². The Hall–Kier alpha value is -14.2. The SMILES string of the molecule is C=C1Nc2ccc(-n3c(C(C)(C)C)nc4cc(C(=O)NC)ccc43)cc2N1.CNC(=O)c1ccc2c(c1)nc(-c1cccc(COC)c1)n2-c1ccc2[nH]c(=O)[nH]c2c1.COC(=O)c1ccc2nc(C(C)C)n(-c3ccc4[nH]c(=O)[nH]c4c3)c2c1.COC(=O)c1cccc2c1nc(C(C)C)n2-c1ccc2[nH]c(=O)[nH]c2c1. The Bertz CT molecular complexity index is 6490. The number of para-hydroxylation sites is 1. The fourth-order valence-electron chi connectivity index (χ4n) is 13.7. The van der Waals surface area contributed by atoms with Crippen LogP contribution >= 0.6 is 0 Å². The zero-order chi connectivity index (χ0) is 78.4. The van der Waals surface area contributed by atoms with E-state index in [9.17, 15) is 33.6 Å². The fourth-order valence-corrected chi connectivity index (χ4v) is 13.7. The standard InChI is InChI=1S/C24H21N5O3.C21H23N5O.2C19H18N4O3/c1-25-23(30)16-6-9-21-20(11-16)26-22(15-5-3-4-14(10-15)13-32-2)29(21)17-7-8-18-19(12-17)28-24(31)27-18;1-12-23-15-8-7-14(11-16(15)24-12)26-18-9-6-13(19(27)22-5)10-17(18)25-20(26)21(2,3)4;1-10(2)17-20-14-6-4-11(18(24)26-3)8-16(14)23(17)12-5-7-13-15(9-12)22-19(25)21-13;1-10(2)17-22-16-12(18(24)26-3)5-4-6-15(16)23(17)11-7-8-13-14(9-11)21-19(25)20-13/h3-12H,13H2,1-2H3,(H,25,30)(H2,27,28,31);6-11,23-24H,1H2,2-5H3,(H,22,27);4-10H,1-3H3,(H2,21,22,25);4-10H,1-3H3,(H2,20,21,25). The number of benzene rings is 9. The van der Waals surface area contributed by atoms with E-state index in [1.54, 1.807) is 51.5 Å². The zero-order valence-electron chi connectivity index (χ0n) is 62.9. The Kier molecular flexibility index (Phi) is 19.9. The van der Waals surface area contributed by atoms with Crippen LogP contribution in [0, 0.1) is 0 Å². The summed E-state index contributed by atoms with van der Waals surface area (Å²) in [5, 5.41) is 11.8. The van der Waals surface area contributed by atoms with Crippen molar-refractivity contribution in [3.05, 3.63) is 259 Å². The van der Waals surface area contributed by atoms with E-state index in [-0.39, 0.29) is 46.1 Å². The van der Waals surface area contributed by atoms with Gasteiger partial charge in [-0.15, -0.1) is 0 Å². The molecule has 0 spiro atoms. The zero-order valence-corrected chi connectivity index (χ0v) is 62.9. The molecule has 17 rings (SSSR count). The van der Waals surface area contributed by atoms with E-state index in [1.807, 2.05) is 155 Å². The number of imidazole rings is 7. The number of rotatable bonds is 13. The topological polar surface area (TPSA) is 361 Å². The summed E-state index contributed by atoms with van der Waals surface area (Å²) in [6.07, 6.45) is 0. The molecule has 562 valence electrons. The molecule has 28 nitrogen and oxygen atoms in total. The molecule has 0 saturated carbocycles. The van der Waals surface area contributed by atoms with Gasteiger partial charge in [-0.05, 0) is 151 Å². The number of carbonyl (C=O) groups is 4. The van der Waals surface area contributed by atoms with Crippen molar-refractivity contribution in [3.8, 4) is 34.1 Å². The number of esters is 2. The smallest absolute Gasteiger partial charge is 0.340 e. The second-order valence-corrected chi connectivity index (χ2v) is 28.2. The molecule has 2 amide bonds. The Morgan fingerprint density at radius 1 is 0.459 bits per heavy atom. The third-order valence-corrected chi connectivity index (χ3v) is 18.8. The van der Waals surface area contributed by atoms with Gasteiger partial charge in [0.2, 0.25) is 0 Å². The molecule has 7 aromatic heterocycles. The van der Waals surface area contributed by atoms with Crippen molar-refractivity contribution in [1.29, 1.82) is 0 Å². The Balaban J connectivity index is 0.000000124. The highest BCUT2D eigenvalue weighted by Gasteiger charge is 2.28. The monoisotopic (exact) mass is 1490 g/mol. The molecule has 0 atom stereocenters. The van der Waals surface area contributed by atoms with Crippen molar-refractivity contribution in [1.82, 2.24) is 78.7 Å². The summed E-state index contributed by atoms with van der Waals surface area (Å²) < 4.78 is 23.2. The van der Waals surface area contributed by atoms with Gasteiger partial charge in [0.1, 0.15) is 34.6 Å². The van der Waals surface area contributed by atoms with Crippen LogP contribution in [0.5, 0.6) is 0 Å². The number of carbonyl (C=O) groups excluding carboxylic acids is 4. The molecule has 1 aliphatic heterocycles. The van der Waals surface area contributed by atoms with Gasteiger partial charge in [-0.1, -0.05) is 79.3 Å². The summed E-state index contributed by atoms with van der Waals surface area (Å²) in [7, 11) is 7.61. The lowest BCUT2D eigenvalue weighted by molar-refractivity contribution is 0.0593. The highest BCUT2D eigenvalue weighted by atomic mass is 16.5. The number of aromatic amines is 6. The van der Waals surface area contributed by atoms with Gasteiger partial charge in [-0.25, -0.2) is 43.9 Å². The van der Waals surface area contributed by atoms with E-state index in [0.717, 1.165) is 124 Å². The maximum absolute atomic E-state index is 12.2. The maximum atomic E-state index is 12.2. The number of nitrogens with zero attached hydrogens (tertiary/aromatic N) is 8. The molecule has 111 heavy (non-hydrogen) atoms. The number of hydrogen-bond donors (Lipinski definition) is 10. The number of hydrogen-bond acceptors (Lipinski definition) is 16. The number of ether oxygens (including phenoxy) is 3. The predicted molar refractivity (Wildman–Crippen MR) is 431 cm³/mol. The first-order valence-electron chi connectivity index (χ1n) is 35.6. The molecule has 0 saturated heterocycles. The average molecular weight is 1490 g/mol. The van der Waals surface area contributed by atoms with Gasteiger partial charge in [0.05, 0.1) is 115 Å². The molecule has 16 aromatic rings. The van der Waals surface area contributed by atoms with Crippen LogP contribution in [0.25, 0.3) is 111 Å². The molecule has 8 heterocycles. The van der Waals surface area contributed by atoms with Crippen molar-refractivity contribution in [3.63, 3.8) is 0 Å². The molecule has 0 aliphatic carbocycles. The summed E-state index contributed by atoms with van der Waals surface area (Å²) in [5.74, 6) is 3.35. The van der Waals surface area contributed by atoms with Gasteiger partial charge in [0, 0.05) is 77.9 Å². The normalized spacial score (nSPS) is 11.9. The van der Waals surface area contributed by atoms with Gasteiger partial charge in [-0.2, -0.15) is 0 Å². The molecule has 0 fully saturated rings. The van der Waals surface area contributed by atoms with E-state index in [4.69, 9.17) is 34.1 Å². The molecule has 10 N–H and O–H groups in total. The second-order valence-electron chi connectivity index (χ2n) is 28.2. The van der Waals surface area contributed by atoms with Crippen molar-refractivity contribution in [2.45, 2.75) is 72.3 Å². The van der Waals surface area contributed by atoms with Crippen molar-refractivity contribution in [2.75, 3.05) is 46.1 Å². The first kappa shape index (κ1) is 73.7. The Morgan fingerprint density at radius 3 is 1.50 bits per heavy atom. The first-order valence-corrected chi connectivity index (χ1v) is 35.6. The highest BCUT2D eigenvalue weighted by Crippen LogP contribution is 2.38. The van der Waals surface area contributed by atoms with Crippen LogP contribution in [0.2, 0.25) is 0 Å².